The van der Waals surface area contributed by atoms with Crippen molar-refractivity contribution >= 4 is 16.8 Å². The highest BCUT2D eigenvalue weighted by atomic mass is 16.2. The van der Waals surface area contributed by atoms with Crippen LogP contribution in [0, 0.1) is 0 Å². The third-order valence-electron chi connectivity index (χ3n) is 6.60. The molecule has 0 spiro atoms. The zero-order valence-electron chi connectivity index (χ0n) is 17.3. The van der Waals surface area contributed by atoms with Crippen molar-refractivity contribution in [1.29, 1.82) is 0 Å². The van der Waals surface area contributed by atoms with E-state index in [-0.39, 0.29) is 5.91 Å². The normalized spacial score (nSPS) is 17.7. The smallest absolute Gasteiger partial charge is 0.272 e. The van der Waals surface area contributed by atoms with Crippen molar-refractivity contribution in [3.8, 4) is 0 Å². The van der Waals surface area contributed by atoms with Crippen LogP contribution < -0.4 is 5.32 Å². The molecule has 1 saturated carbocycles. The van der Waals surface area contributed by atoms with Crippen molar-refractivity contribution in [3.63, 3.8) is 0 Å². The lowest BCUT2D eigenvalue weighted by molar-refractivity contribution is 0.0929. The van der Waals surface area contributed by atoms with Crippen LogP contribution in [0.4, 0.5) is 0 Å². The third kappa shape index (κ3) is 3.35. The summed E-state index contributed by atoms with van der Waals surface area (Å²) >= 11 is 0. The van der Waals surface area contributed by atoms with Gasteiger partial charge in [-0.15, -0.1) is 0 Å². The molecular formula is C23H29N5O. The van der Waals surface area contributed by atoms with Gasteiger partial charge in [-0.05, 0) is 24.5 Å². The number of nitrogens with one attached hydrogen (secondary N) is 1. The van der Waals surface area contributed by atoms with E-state index in [0.29, 0.717) is 11.7 Å². The minimum atomic E-state index is 0.000705. The molecule has 0 atom stereocenters. The molecule has 1 aliphatic carbocycles. The number of fused-ring (bicyclic) bond motifs is 2. The Morgan fingerprint density at radius 3 is 2.83 bits per heavy atom. The molecule has 1 aromatic carbocycles. The van der Waals surface area contributed by atoms with Gasteiger partial charge in [-0.3, -0.25) is 14.4 Å². The quantitative estimate of drug-likeness (QED) is 0.743. The van der Waals surface area contributed by atoms with Crippen LogP contribution in [-0.4, -0.2) is 37.7 Å². The molecule has 152 valence electrons. The van der Waals surface area contributed by atoms with E-state index in [1.807, 2.05) is 11.7 Å². The summed E-state index contributed by atoms with van der Waals surface area (Å²) in [6.45, 7) is 2.65. The van der Waals surface area contributed by atoms with Crippen LogP contribution in [0.1, 0.15) is 53.0 Å². The number of amides is 1. The molecule has 0 saturated heterocycles. The lowest BCUT2D eigenvalue weighted by atomic mass is 10.0. The second-order valence-corrected chi connectivity index (χ2v) is 8.60. The zero-order valence-corrected chi connectivity index (χ0v) is 17.3. The highest BCUT2D eigenvalue weighted by Crippen LogP contribution is 2.27. The number of hydrogen-bond donors (Lipinski definition) is 1. The second-order valence-electron chi connectivity index (χ2n) is 8.60. The van der Waals surface area contributed by atoms with Gasteiger partial charge in [0, 0.05) is 74.5 Å². The van der Waals surface area contributed by atoms with E-state index in [2.05, 4.69) is 57.4 Å². The van der Waals surface area contributed by atoms with Gasteiger partial charge in [-0.1, -0.05) is 31.0 Å². The minimum absolute atomic E-state index is 0.000705. The fourth-order valence-electron chi connectivity index (χ4n) is 5.08. The summed E-state index contributed by atoms with van der Waals surface area (Å²) in [7, 11) is 4.07. The van der Waals surface area contributed by atoms with Gasteiger partial charge in [0.1, 0.15) is 0 Å². The Labute approximate surface area is 171 Å². The third-order valence-corrected chi connectivity index (χ3v) is 6.60. The Balaban J connectivity index is 1.37. The number of benzene rings is 1. The molecule has 1 N–H and O–H groups in total. The average Bonchev–Trinajstić information content (AvgIpc) is 3.42. The van der Waals surface area contributed by atoms with Gasteiger partial charge < -0.3 is 9.88 Å². The van der Waals surface area contributed by atoms with Crippen molar-refractivity contribution in [2.24, 2.45) is 14.1 Å². The van der Waals surface area contributed by atoms with E-state index < -0.39 is 0 Å². The molecular weight excluding hydrogens is 362 g/mol. The molecule has 3 aromatic rings. The van der Waals surface area contributed by atoms with E-state index in [1.165, 1.54) is 35.0 Å². The summed E-state index contributed by atoms with van der Waals surface area (Å²) < 4.78 is 4.11. The van der Waals surface area contributed by atoms with Crippen LogP contribution >= 0.6 is 0 Å². The number of aromatic nitrogens is 3. The second kappa shape index (κ2) is 7.34. The summed E-state index contributed by atoms with van der Waals surface area (Å²) in [6, 6.07) is 8.87. The molecule has 0 unspecified atom stereocenters. The van der Waals surface area contributed by atoms with Gasteiger partial charge in [0.15, 0.2) is 5.69 Å². The molecule has 6 heteroatoms. The number of hydrogen-bond acceptors (Lipinski definition) is 3. The lowest BCUT2D eigenvalue weighted by Gasteiger charge is -2.27. The number of para-hydroxylation sites is 1. The maximum absolute atomic E-state index is 12.9. The van der Waals surface area contributed by atoms with Gasteiger partial charge in [-0.25, -0.2) is 0 Å². The van der Waals surface area contributed by atoms with Crippen molar-refractivity contribution in [1.82, 2.24) is 24.6 Å². The molecule has 29 heavy (non-hydrogen) atoms. The number of rotatable bonds is 4. The van der Waals surface area contributed by atoms with Crippen LogP contribution in [0.5, 0.6) is 0 Å². The maximum atomic E-state index is 12.9. The molecule has 6 nitrogen and oxygen atoms in total. The standard InChI is InChI=1S/C23H29N5O/c1-26-13-16(18-9-5-6-10-20(18)26)14-28-12-11-21-19(15-28)22(25-27(21)2)23(29)24-17-7-3-4-8-17/h5-6,9-10,13,17H,3-4,7-8,11-12,14-15H2,1-2H3,(H,24,29). The lowest BCUT2D eigenvalue weighted by Crippen LogP contribution is -2.35. The van der Waals surface area contributed by atoms with Gasteiger partial charge in [-0.2, -0.15) is 5.10 Å². The van der Waals surface area contributed by atoms with Gasteiger partial charge in [0.05, 0.1) is 0 Å². The first-order chi connectivity index (χ1) is 14.1. The number of carbonyl (C=O) groups is 1. The first-order valence-corrected chi connectivity index (χ1v) is 10.7. The Morgan fingerprint density at radius 1 is 1.21 bits per heavy atom. The van der Waals surface area contributed by atoms with E-state index in [0.717, 1.165) is 44.5 Å². The van der Waals surface area contributed by atoms with Gasteiger partial charge >= 0.3 is 0 Å². The highest BCUT2D eigenvalue weighted by molar-refractivity contribution is 5.94. The largest absolute Gasteiger partial charge is 0.350 e. The predicted octanol–water partition coefficient (Wildman–Crippen LogP) is 3.14. The van der Waals surface area contributed by atoms with E-state index in [9.17, 15) is 4.79 Å². The Kier molecular flexibility index (Phi) is 4.66. The SMILES string of the molecule is Cn1nc(C(=O)NC2CCCC2)c2c1CCN(Cc1cn(C)c3ccccc13)C2. The highest BCUT2D eigenvalue weighted by Gasteiger charge is 2.29. The number of aryl methyl sites for hydroxylation is 2. The summed E-state index contributed by atoms with van der Waals surface area (Å²) in [5.74, 6) is 0.000705. The topological polar surface area (TPSA) is 55.1 Å². The summed E-state index contributed by atoms with van der Waals surface area (Å²) in [5, 5.41) is 9.13. The van der Waals surface area contributed by atoms with Crippen molar-refractivity contribution < 1.29 is 4.79 Å². The monoisotopic (exact) mass is 391 g/mol. The molecule has 2 aromatic heterocycles. The summed E-state index contributed by atoms with van der Waals surface area (Å²) in [4.78, 5) is 15.4. The summed E-state index contributed by atoms with van der Waals surface area (Å²) in [5.41, 5.74) is 5.54. The molecule has 1 amide bonds. The molecule has 0 radical (unpaired) electrons. The molecule has 2 aliphatic rings. The van der Waals surface area contributed by atoms with Crippen LogP contribution in [0.25, 0.3) is 10.9 Å². The van der Waals surface area contributed by atoms with Gasteiger partial charge in [0.2, 0.25) is 0 Å². The fraction of sp³-hybridized carbons (Fsp3) is 0.478. The van der Waals surface area contributed by atoms with Crippen LogP contribution in [-0.2, 0) is 33.6 Å². The Morgan fingerprint density at radius 2 is 2.00 bits per heavy atom. The Bertz CT molecular complexity index is 1060. The molecule has 1 fully saturated rings. The first kappa shape index (κ1) is 18.4. The molecule has 1 aliphatic heterocycles. The van der Waals surface area contributed by atoms with E-state index in [1.54, 1.807) is 0 Å². The van der Waals surface area contributed by atoms with Crippen LogP contribution in [0.15, 0.2) is 30.5 Å². The number of nitrogens with zero attached hydrogens (tertiary/aromatic N) is 4. The first-order valence-electron chi connectivity index (χ1n) is 10.7. The van der Waals surface area contributed by atoms with Crippen molar-refractivity contribution in [2.75, 3.05) is 6.54 Å². The van der Waals surface area contributed by atoms with Crippen molar-refractivity contribution in [3.05, 3.63) is 53.0 Å². The summed E-state index contributed by atoms with van der Waals surface area (Å²) in [6.07, 6.45) is 7.77. The van der Waals surface area contributed by atoms with E-state index in [4.69, 9.17) is 0 Å². The zero-order chi connectivity index (χ0) is 20.0. The maximum Gasteiger partial charge on any atom is 0.272 e. The molecule has 5 rings (SSSR count). The number of carbonyl (C=O) groups excluding carboxylic acids is 1. The fourth-order valence-corrected chi connectivity index (χ4v) is 5.08. The predicted molar refractivity (Wildman–Crippen MR) is 114 cm³/mol. The Hall–Kier alpha value is -2.60. The van der Waals surface area contributed by atoms with Crippen LogP contribution in [0.3, 0.4) is 0 Å². The van der Waals surface area contributed by atoms with Crippen LogP contribution in [0.2, 0.25) is 0 Å². The van der Waals surface area contributed by atoms with E-state index >= 15 is 0 Å². The molecule has 3 heterocycles. The minimum Gasteiger partial charge on any atom is -0.350 e. The van der Waals surface area contributed by atoms with Crippen molar-refractivity contribution in [2.45, 2.75) is 51.2 Å². The van der Waals surface area contributed by atoms with Gasteiger partial charge in [0.25, 0.3) is 5.91 Å². The average molecular weight is 392 g/mol. The molecule has 0 bridgehead atoms.